The SMILES string of the molecule is O=C(O)c1cc(F)c2cnccc2c1. The average molecular weight is 191 g/mol. The van der Waals surface area contributed by atoms with Crippen molar-refractivity contribution in [2.45, 2.75) is 0 Å². The van der Waals surface area contributed by atoms with Gasteiger partial charge in [-0.2, -0.15) is 0 Å². The third kappa shape index (κ3) is 1.31. The summed E-state index contributed by atoms with van der Waals surface area (Å²) in [5.41, 5.74) is -0.0544. The molecule has 1 N–H and O–H groups in total. The Morgan fingerprint density at radius 1 is 1.43 bits per heavy atom. The van der Waals surface area contributed by atoms with Gasteiger partial charge in [-0.25, -0.2) is 9.18 Å². The first-order valence-corrected chi connectivity index (χ1v) is 3.95. The number of benzene rings is 1. The lowest BCUT2D eigenvalue weighted by atomic mass is 10.1. The van der Waals surface area contributed by atoms with Crippen molar-refractivity contribution in [3.8, 4) is 0 Å². The summed E-state index contributed by atoms with van der Waals surface area (Å²) in [4.78, 5) is 14.4. The van der Waals surface area contributed by atoms with E-state index >= 15 is 0 Å². The van der Waals surface area contributed by atoms with Crippen LogP contribution >= 0.6 is 0 Å². The second kappa shape index (κ2) is 3.06. The van der Waals surface area contributed by atoms with Crippen molar-refractivity contribution in [2.75, 3.05) is 0 Å². The molecule has 0 unspecified atom stereocenters. The van der Waals surface area contributed by atoms with Crippen molar-refractivity contribution >= 4 is 16.7 Å². The van der Waals surface area contributed by atoms with Gasteiger partial charge in [0.2, 0.25) is 0 Å². The largest absolute Gasteiger partial charge is 0.478 e. The van der Waals surface area contributed by atoms with E-state index in [9.17, 15) is 9.18 Å². The number of hydrogen-bond acceptors (Lipinski definition) is 2. The summed E-state index contributed by atoms with van der Waals surface area (Å²) in [6.45, 7) is 0. The van der Waals surface area contributed by atoms with E-state index < -0.39 is 11.8 Å². The quantitative estimate of drug-likeness (QED) is 0.750. The van der Waals surface area contributed by atoms with Gasteiger partial charge in [-0.15, -0.1) is 0 Å². The van der Waals surface area contributed by atoms with E-state index in [1.807, 2.05) is 0 Å². The first kappa shape index (κ1) is 8.62. The lowest BCUT2D eigenvalue weighted by molar-refractivity contribution is 0.0696. The molecule has 1 aromatic carbocycles. The zero-order valence-electron chi connectivity index (χ0n) is 7.07. The molecule has 3 nitrogen and oxygen atoms in total. The Kier molecular flexibility index (Phi) is 1.89. The monoisotopic (exact) mass is 191 g/mol. The summed E-state index contributed by atoms with van der Waals surface area (Å²) in [6, 6.07) is 3.99. The Morgan fingerprint density at radius 3 is 2.93 bits per heavy atom. The van der Waals surface area contributed by atoms with Crippen LogP contribution in [0.3, 0.4) is 0 Å². The highest BCUT2D eigenvalue weighted by Gasteiger charge is 2.08. The molecule has 0 saturated heterocycles. The fourth-order valence-electron chi connectivity index (χ4n) is 1.28. The molecule has 2 rings (SSSR count). The van der Waals surface area contributed by atoms with Crippen LogP contribution in [0.2, 0.25) is 0 Å². The second-order valence-corrected chi connectivity index (χ2v) is 2.86. The van der Waals surface area contributed by atoms with Crippen molar-refractivity contribution in [3.63, 3.8) is 0 Å². The van der Waals surface area contributed by atoms with E-state index in [4.69, 9.17) is 5.11 Å². The number of fused-ring (bicyclic) bond motifs is 1. The number of aromatic carboxylic acids is 1. The van der Waals surface area contributed by atoms with E-state index in [2.05, 4.69) is 4.98 Å². The third-order valence-electron chi connectivity index (χ3n) is 1.95. The van der Waals surface area contributed by atoms with Gasteiger partial charge in [-0.05, 0) is 23.6 Å². The van der Waals surface area contributed by atoms with E-state index in [1.54, 1.807) is 6.07 Å². The molecule has 0 aliphatic rings. The van der Waals surface area contributed by atoms with Crippen molar-refractivity contribution in [1.82, 2.24) is 4.98 Å². The standard InChI is InChI=1S/C10H6FNO2/c11-9-4-7(10(13)14)3-6-1-2-12-5-8(6)9/h1-5H,(H,13,14). The van der Waals surface area contributed by atoms with E-state index in [0.29, 0.717) is 10.8 Å². The Hall–Kier alpha value is -1.97. The number of carboxylic acids is 1. The number of carboxylic acid groups (broad SMARTS) is 1. The summed E-state index contributed by atoms with van der Waals surface area (Å²) >= 11 is 0. The van der Waals surface area contributed by atoms with Crippen LogP contribution in [0.1, 0.15) is 10.4 Å². The van der Waals surface area contributed by atoms with Gasteiger partial charge in [0.25, 0.3) is 0 Å². The molecule has 14 heavy (non-hydrogen) atoms. The molecule has 0 bridgehead atoms. The Balaban J connectivity index is 2.78. The molecule has 0 radical (unpaired) electrons. The summed E-state index contributed by atoms with van der Waals surface area (Å²) in [5.74, 6) is -1.70. The molecule has 0 spiro atoms. The van der Waals surface area contributed by atoms with Gasteiger partial charge >= 0.3 is 5.97 Å². The van der Waals surface area contributed by atoms with Crippen molar-refractivity contribution in [1.29, 1.82) is 0 Å². The molecule has 70 valence electrons. The molecule has 0 saturated carbocycles. The average Bonchev–Trinajstić information content (AvgIpc) is 2.17. The Morgan fingerprint density at radius 2 is 2.21 bits per heavy atom. The van der Waals surface area contributed by atoms with Crippen molar-refractivity contribution < 1.29 is 14.3 Å². The minimum atomic E-state index is -1.14. The molecule has 1 aromatic heterocycles. The third-order valence-corrected chi connectivity index (χ3v) is 1.95. The van der Waals surface area contributed by atoms with Crippen molar-refractivity contribution in [2.24, 2.45) is 0 Å². The molecule has 0 fully saturated rings. The minimum absolute atomic E-state index is 0.0544. The number of pyridine rings is 1. The summed E-state index contributed by atoms with van der Waals surface area (Å²) in [7, 11) is 0. The van der Waals surface area contributed by atoms with Gasteiger partial charge in [-0.3, -0.25) is 4.98 Å². The molecule has 0 aliphatic carbocycles. The van der Waals surface area contributed by atoms with Crippen LogP contribution in [0.5, 0.6) is 0 Å². The normalized spacial score (nSPS) is 10.4. The van der Waals surface area contributed by atoms with Crippen LogP contribution in [0.4, 0.5) is 4.39 Å². The van der Waals surface area contributed by atoms with Gasteiger partial charge in [0.15, 0.2) is 0 Å². The zero-order valence-corrected chi connectivity index (χ0v) is 7.07. The van der Waals surface area contributed by atoms with Gasteiger partial charge in [-0.1, -0.05) is 0 Å². The highest BCUT2D eigenvalue weighted by Crippen LogP contribution is 2.18. The highest BCUT2D eigenvalue weighted by atomic mass is 19.1. The summed E-state index contributed by atoms with van der Waals surface area (Å²) < 4.78 is 13.3. The van der Waals surface area contributed by atoms with E-state index in [1.165, 1.54) is 18.5 Å². The fourth-order valence-corrected chi connectivity index (χ4v) is 1.28. The highest BCUT2D eigenvalue weighted by molar-refractivity contribution is 5.94. The second-order valence-electron chi connectivity index (χ2n) is 2.86. The Labute approximate surface area is 78.8 Å². The maximum Gasteiger partial charge on any atom is 0.335 e. The molecule has 0 aliphatic heterocycles. The van der Waals surface area contributed by atoms with Gasteiger partial charge in [0, 0.05) is 17.8 Å². The number of rotatable bonds is 1. The molecular formula is C10H6FNO2. The first-order valence-electron chi connectivity index (χ1n) is 3.95. The summed E-state index contributed by atoms with van der Waals surface area (Å²) in [5, 5.41) is 9.56. The molecule has 2 aromatic rings. The zero-order chi connectivity index (χ0) is 10.1. The van der Waals surface area contributed by atoms with Crippen molar-refractivity contribution in [3.05, 3.63) is 42.0 Å². The summed E-state index contributed by atoms with van der Waals surface area (Å²) in [6.07, 6.45) is 2.86. The van der Waals surface area contributed by atoms with Crippen LogP contribution in [0.15, 0.2) is 30.6 Å². The number of hydrogen-bond donors (Lipinski definition) is 1. The molecular weight excluding hydrogens is 185 g/mol. The number of halogens is 1. The van der Waals surface area contributed by atoms with Gasteiger partial charge in [0.1, 0.15) is 5.82 Å². The van der Waals surface area contributed by atoms with Crippen LogP contribution in [0, 0.1) is 5.82 Å². The molecule has 0 amide bonds. The van der Waals surface area contributed by atoms with Crippen LogP contribution < -0.4 is 0 Å². The number of nitrogens with zero attached hydrogens (tertiary/aromatic N) is 1. The first-order chi connectivity index (χ1) is 6.68. The van der Waals surface area contributed by atoms with Gasteiger partial charge in [0.05, 0.1) is 5.56 Å². The van der Waals surface area contributed by atoms with E-state index in [-0.39, 0.29) is 5.56 Å². The van der Waals surface area contributed by atoms with Crippen LogP contribution in [0.25, 0.3) is 10.8 Å². The smallest absolute Gasteiger partial charge is 0.335 e. The minimum Gasteiger partial charge on any atom is -0.478 e. The molecule has 0 atom stereocenters. The maximum atomic E-state index is 13.3. The molecule has 1 heterocycles. The van der Waals surface area contributed by atoms with Crippen LogP contribution in [-0.4, -0.2) is 16.1 Å². The lowest BCUT2D eigenvalue weighted by Gasteiger charge is -2.00. The van der Waals surface area contributed by atoms with Crippen LogP contribution in [-0.2, 0) is 0 Å². The number of carbonyl (C=O) groups is 1. The maximum absolute atomic E-state index is 13.3. The topological polar surface area (TPSA) is 50.2 Å². The van der Waals surface area contributed by atoms with Gasteiger partial charge < -0.3 is 5.11 Å². The van der Waals surface area contributed by atoms with E-state index in [0.717, 1.165) is 6.07 Å². The Bertz CT molecular complexity index is 510. The molecule has 4 heteroatoms. The predicted molar refractivity (Wildman–Crippen MR) is 48.7 cm³/mol. The lowest BCUT2D eigenvalue weighted by Crippen LogP contribution is -1.97. The predicted octanol–water partition coefficient (Wildman–Crippen LogP) is 2.07. The number of aromatic nitrogens is 1. The fraction of sp³-hybridized carbons (Fsp3) is 0.